The number of carbonyl (C=O) groups is 1. The molecule has 0 aliphatic heterocycles. The van der Waals surface area contributed by atoms with Crippen molar-refractivity contribution in [1.82, 2.24) is 20.4 Å². The van der Waals surface area contributed by atoms with E-state index in [4.69, 9.17) is 5.11 Å². The smallest absolute Gasteiger partial charge is 0.201 e. The fourth-order valence-electron chi connectivity index (χ4n) is 6.61. The summed E-state index contributed by atoms with van der Waals surface area (Å²) in [5.41, 5.74) is 1.65. The Kier molecular flexibility index (Phi) is 8.85. The average molecular weight is 826 g/mol. The fraction of sp³-hybridized carbons (Fsp3) is 0.0465. The Morgan fingerprint density at radius 3 is 1.54 bits per heavy atom. The maximum absolute atomic E-state index is 10.0. The van der Waals surface area contributed by atoms with E-state index < -0.39 is 0 Å². The second kappa shape index (κ2) is 13.6. The zero-order valence-electron chi connectivity index (χ0n) is 27.2. The molecule has 1 N–H and O–H groups in total. The van der Waals surface area contributed by atoms with Gasteiger partial charge >= 0.3 is 0 Å². The first-order valence-electron chi connectivity index (χ1n) is 16.0. The number of aliphatic hydroxyl groups excluding tert-OH is 1. The molecule has 0 saturated carbocycles. The third-order valence-electron chi connectivity index (χ3n) is 8.81. The van der Waals surface area contributed by atoms with Crippen molar-refractivity contribution in [2.24, 2.45) is 0 Å². The first-order chi connectivity index (χ1) is 23.9. The maximum atomic E-state index is 10.0. The summed E-state index contributed by atoms with van der Waals surface area (Å²) in [6.45, 7) is 2.85. The third-order valence-corrected chi connectivity index (χ3v) is 8.81. The zero-order chi connectivity index (χ0) is 33.5. The van der Waals surface area contributed by atoms with Crippen LogP contribution in [0.5, 0.6) is 0 Å². The maximum Gasteiger partial charge on any atom is 0.201 e. The third kappa shape index (κ3) is 6.09. The number of nitrogens with zero attached hydrogens (tertiary/aromatic N) is 4. The molecule has 0 aliphatic rings. The summed E-state index contributed by atoms with van der Waals surface area (Å²) in [6.07, 6.45) is 1.17. The van der Waals surface area contributed by atoms with Gasteiger partial charge in [0, 0.05) is 31.7 Å². The van der Waals surface area contributed by atoms with Crippen LogP contribution < -0.4 is 0 Å². The van der Waals surface area contributed by atoms with Crippen molar-refractivity contribution >= 4 is 70.4 Å². The molecule has 0 aliphatic carbocycles. The summed E-state index contributed by atoms with van der Waals surface area (Å²) >= 11 is 0. The Morgan fingerprint density at radius 2 is 1.00 bits per heavy atom. The molecule has 0 spiro atoms. The van der Waals surface area contributed by atoms with Crippen LogP contribution in [0.4, 0.5) is 0 Å². The average Bonchev–Trinajstić information content (AvgIpc) is 3.13. The van der Waals surface area contributed by atoms with Crippen LogP contribution in [0.1, 0.15) is 13.8 Å². The van der Waals surface area contributed by atoms with E-state index in [1.54, 1.807) is 0 Å². The first-order valence-corrected chi connectivity index (χ1v) is 16.0. The molecule has 7 heteroatoms. The van der Waals surface area contributed by atoms with E-state index in [0.717, 1.165) is 27.3 Å². The molecule has 50 heavy (non-hydrogen) atoms. The molecule has 1 heterocycles. The molecule has 0 bridgehead atoms. The van der Waals surface area contributed by atoms with E-state index >= 15 is 0 Å². The minimum atomic E-state index is -0.125. The normalized spacial score (nSPS) is 11.5. The van der Waals surface area contributed by atoms with Gasteiger partial charge < -0.3 is 5.11 Å². The van der Waals surface area contributed by atoms with Gasteiger partial charge in [-0.15, -0.1) is 39.3 Å². The van der Waals surface area contributed by atoms with Crippen LogP contribution in [-0.4, -0.2) is 31.3 Å². The van der Waals surface area contributed by atoms with Crippen LogP contribution in [0, 0.1) is 6.07 Å². The van der Waals surface area contributed by atoms with E-state index in [-0.39, 0.29) is 31.6 Å². The minimum Gasteiger partial charge on any atom is -0.512 e. The molecular formula is C43H29IrN4O2-. The number of hydrogen-bond acceptors (Lipinski definition) is 6. The van der Waals surface area contributed by atoms with Crippen molar-refractivity contribution in [2.45, 2.75) is 13.8 Å². The van der Waals surface area contributed by atoms with Crippen LogP contribution in [0.3, 0.4) is 0 Å². The van der Waals surface area contributed by atoms with E-state index in [1.807, 2.05) is 12.1 Å². The van der Waals surface area contributed by atoms with E-state index in [1.165, 1.54) is 68.4 Å². The molecule has 8 aromatic carbocycles. The summed E-state index contributed by atoms with van der Waals surface area (Å²) in [5, 5.41) is 40.7. The van der Waals surface area contributed by atoms with Crippen molar-refractivity contribution in [1.29, 1.82) is 0 Å². The van der Waals surface area contributed by atoms with Crippen molar-refractivity contribution < 1.29 is 30.0 Å². The number of fused-ring (bicyclic) bond motifs is 10. The SMILES string of the molecule is CC(=O)/C=C(/C)O.[Ir].[c-]1cc2c(ccc3c4ccccc4ccc23)cc1-c1nnc(-c2ccc3c(ccc4c5ccccc5ccc34)c2)nn1. The van der Waals surface area contributed by atoms with Gasteiger partial charge in [-0.25, -0.2) is 0 Å². The largest absolute Gasteiger partial charge is 0.512 e. The number of aromatic nitrogens is 4. The van der Waals surface area contributed by atoms with E-state index in [0.29, 0.717) is 11.6 Å². The van der Waals surface area contributed by atoms with Crippen LogP contribution in [0.15, 0.2) is 139 Å². The molecule has 1 radical (unpaired) electrons. The van der Waals surface area contributed by atoms with Crippen molar-refractivity contribution in [3.05, 3.63) is 145 Å². The summed E-state index contributed by atoms with van der Waals surface area (Å²) < 4.78 is 0. The van der Waals surface area contributed by atoms with Crippen LogP contribution in [0.2, 0.25) is 0 Å². The topological polar surface area (TPSA) is 88.9 Å². The predicted molar refractivity (Wildman–Crippen MR) is 199 cm³/mol. The molecule has 0 saturated heterocycles. The molecule has 9 aromatic rings. The van der Waals surface area contributed by atoms with Gasteiger partial charge in [0.05, 0.1) is 5.76 Å². The second-order valence-electron chi connectivity index (χ2n) is 12.1. The van der Waals surface area contributed by atoms with Crippen molar-refractivity contribution in [3.8, 4) is 22.8 Å². The number of carbonyl (C=O) groups excluding carboxylic acids is 1. The Hall–Kier alpha value is -5.88. The van der Waals surface area contributed by atoms with E-state index in [9.17, 15) is 4.79 Å². The molecule has 6 nitrogen and oxygen atoms in total. The standard InChI is InChI=1S/C38H21N4.C5H8O2.Ir/c1-3-7-29-23(5-1)9-17-35-31-15-13-27(21-25(31)11-19-33(29)35)37-39-41-38(42-40-37)28-14-16-32-26(22-28)12-20-34-30-8-4-2-6-24(30)10-18-36(32)34;1-4(6)3-5(2)7;/h1-13,15-22H;3,6H,1-2H3;/q-1;;/b;4-3-;. The Morgan fingerprint density at radius 1 is 0.540 bits per heavy atom. The first kappa shape index (κ1) is 32.7. The van der Waals surface area contributed by atoms with Gasteiger partial charge in [-0.3, -0.25) is 4.79 Å². The summed E-state index contributed by atoms with van der Waals surface area (Å²) in [7, 11) is 0. The molecule has 9 rings (SSSR count). The molecular weight excluding hydrogens is 797 g/mol. The summed E-state index contributed by atoms with van der Waals surface area (Å²) in [6, 6.07) is 48.2. The zero-order valence-corrected chi connectivity index (χ0v) is 29.6. The van der Waals surface area contributed by atoms with Gasteiger partial charge in [0.1, 0.15) is 5.82 Å². The minimum absolute atomic E-state index is 0. The van der Waals surface area contributed by atoms with Crippen LogP contribution >= 0.6 is 0 Å². The summed E-state index contributed by atoms with van der Waals surface area (Å²) in [5.74, 6) is 0.892. The van der Waals surface area contributed by atoms with Gasteiger partial charge in [0.25, 0.3) is 0 Å². The number of aliphatic hydroxyl groups is 1. The molecule has 0 atom stereocenters. The van der Waals surface area contributed by atoms with Gasteiger partial charge in [0.15, 0.2) is 5.78 Å². The van der Waals surface area contributed by atoms with Crippen molar-refractivity contribution in [3.63, 3.8) is 0 Å². The number of allylic oxidation sites excluding steroid dienone is 2. The Labute approximate surface area is 301 Å². The van der Waals surface area contributed by atoms with Crippen LogP contribution in [-0.2, 0) is 24.9 Å². The Bertz CT molecular complexity index is 2600. The van der Waals surface area contributed by atoms with Gasteiger partial charge in [-0.1, -0.05) is 120 Å². The Balaban J connectivity index is 0.000000447. The van der Waals surface area contributed by atoms with Gasteiger partial charge in [0.2, 0.25) is 5.82 Å². The molecule has 1 aromatic heterocycles. The van der Waals surface area contributed by atoms with Crippen LogP contribution in [0.25, 0.3) is 87.4 Å². The second-order valence-corrected chi connectivity index (χ2v) is 12.1. The molecule has 0 unspecified atom stereocenters. The van der Waals surface area contributed by atoms with Gasteiger partial charge in [-0.05, 0) is 68.4 Å². The number of hydrogen-bond donors (Lipinski definition) is 1. The molecule has 0 fully saturated rings. The van der Waals surface area contributed by atoms with E-state index in [2.05, 4.69) is 142 Å². The molecule has 243 valence electrons. The molecule has 0 amide bonds. The summed E-state index contributed by atoms with van der Waals surface area (Å²) in [4.78, 5) is 10.0. The predicted octanol–water partition coefficient (Wildman–Crippen LogP) is 10.4. The van der Waals surface area contributed by atoms with Crippen molar-refractivity contribution in [2.75, 3.05) is 0 Å². The van der Waals surface area contributed by atoms with Gasteiger partial charge in [-0.2, -0.15) is 10.2 Å². The number of ketones is 1. The number of rotatable bonds is 3. The number of benzene rings is 8. The monoisotopic (exact) mass is 826 g/mol. The fourth-order valence-corrected chi connectivity index (χ4v) is 6.61. The quantitative estimate of drug-likeness (QED) is 0.0826.